The quantitative estimate of drug-likeness (QED) is 0.807. The highest BCUT2D eigenvalue weighted by Gasteiger charge is 2.41. The molecule has 5 heteroatoms. The minimum Gasteiger partial charge on any atom is -0.337 e. The summed E-state index contributed by atoms with van der Waals surface area (Å²) in [5, 5.41) is 3.43. The van der Waals surface area contributed by atoms with Crippen molar-refractivity contribution in [1.82, 2.24) is 20.0 Å². The van der Waals surface area contributed by atoms with Crippen LogP contribution in [0.1, 0.15) is 32.6 Å². The van der Waals surface area contributed by atoms with Crippen LogP contribution in [0.4, 0.5) is 0 Å². The number of hydrogen-bond acceptors (Lipinski definition) is 4. The first-order chi connectivity index (χ1) is 9.92. The van der Waals surface area contributed by atoms with Crippen molar-refractivity contribution in [3.8, 4) is 0 Å². The van der Waals surface area contributed by atoms with E-state index in [2.05, 4.69) is 48.1 Å². The topological polar surface area (TPSA) is 38.8 Å². The molecular formula is C16H32N4O. The van der Waals surface area contributed by atoms with E-state index in [-0.39, 0.29) is 5.54 Å². The first kappa shape index (κ1) is 16.7. The van der Waals surface area contributed by atoms with Gasteiger partial charge < -0.3 is 20.0 Å². The fraction of sp³-hybridized carbons (Fsp3) is 0.938. The Morgan fingerprint density at radius 3 is 2.48 bits per heavy atom. The normalized spacial score (nSPS) is 28.2. The lowest BCUT2D eigenvalue weighted by Gasteiger charge is -2.41. The molecule has 2 aliphatic rings. The van der Waals surface area contributed by atoms with Crippen molar-refractivity contribution in [3.05, 3.63) is 0 Å². The number of nitrogens with zero attached hydrogens (tertiary/aromatic N) is 3. The van der Waals surface area contributed by atoms with E-state index in [4.69, 9.17) is 0 Å². The Hall–Kier alpha value is -0.650. The van der Waals surface area contributed by atoms with Gasteiger partial charge in [-0.1, -0.05) is 0 Å². The van der Waals surface area contributed by atoms with Crippen LogP contribution >= 0.6 is 0 Å². The summed E-state index contributed by atoms with van der Waals surface area (Å²) >= 11 is 0. The third-order valence-corrected chi connectivity index (χ3v) is 5.02. The summed E-state index contributed by atoms with van der Waals surface area (Å²) in [6, 6.07) is 0.410. The van der Waals surface area contributed by atoms with Gasteiger partial charge in [0.05, 0.1) is 5.54 Å². The SMILES string of the molecule is CN(C)CCN(C(=O)C1(C)CCCN1)C1CCN(C)CC1. The van der Waals surface area contributed by atoms with Crippen LogP contribution in [0, 0.1) is 0 Å². The zero-order valence-electron chi connectivity index (χ0n) is 14.2. The molecule has 0 aromatic carbocycles. The highest BCUT2D eigenvalue weighted by molar-refractivity contribution is 5.86. The van der Waals surface area contributed by atoms with Gasteiger partial charge in [0, 0.05) is 19.1 Å². The van der Waals surface area contributed by atoms with Gasteiger partial charge >= 0.3 is 0 Å². The molecule has 21 heavy (non-hydrogen) atoms. The number of rotatable bonds is 5. The summed E-state index contributed by atoms with van der Waals surface area (Å²) in [6.45, 7) is 7.03. The van der Waals surface area contributed by atoms with E-state index in [1.807, 2.05) is 0 Å². The van der Waals surface area contributed by atoms with E-state index in [0.29, 0.717) is 11.9 Å². The first-order valence-electron chi connectivity index (χ1n) is 8.32. The summed E-state index contributed by atoms with van der Waals surface area (Å²) in [5.41, 5.74) is -0.338. The summed E-state index contributed by atoms with van der Waals surface area (Å²) in [4.78, 5) is 19.8. The zero-order chi connectivity index (χ0) is 15.5. The number of likely N-dealkylation sites (tertiary alicyclic amines) is 1. The summed E-state index contributed by atoms with van der Waals surface area (Å²) in [6.07, 6.45) is 4.28. The lowest BCUT2D eigenvalue weighted by molar-refractivity contribution is -0.140. The van der Waals surface area contributed by atoms with E-state index < -0.39 is 0 Å². The van der Waals surface area contributed by atoms with Crippen molar-refractivity contribution in [1.29, 1.82) is 0 Å². The number of carbonyl (C=O) groups excluding carboxylic acids is 1. The van der Waals surface area contributed by atoms with E-state index in [0.717, 1.165) is 58.4 Å². The van der Waals surface area contributed by atoms with Gasteiger partial charge in [0.2, 0.25) is 5.91 Å². The van der Waals surface area contributed by atoms with E-state index in [1.54, 1.807) is 0 Å². The molecule has 0 aromatic rings. The van der Waals surface area contributed by atoms with Crippen LogP contribution in [0.5, 0.6) is 0 Å². The van der Waals surface area contributed by atoms with E-state index in [1.165, 1.54) is 0 Å². The lowest BCUT2D eigenvalue weighted by Crippen LogP contribution is -2.58. The Balaban J connectivity index is 2.05. The molecule has 0 saturated carbocycles. The van der Waals surface area contributed by atoms with Gasteiger partial charge in [-0.3, -0.25) is 4.79 Å². The summed E-state index contributed by atoms with van der Waals surface area (Å²) < 4.78 is 0. The zero-order valence-corrected chi connectivity index (χ0v) is 14.2. The van der Waals surface area contributed by atoms with Crippen molar-refractivity contribution in [2.75, 3.05) is 53.9 Å². The second-order valence-electron chi connectivity index (χ2n) is 7.20. The minimum atomic E-state index is -0.338. The minimum absolute atomic E-state index is 0.316. The molecular weight excluding hydrogens is 264 g/mol. The fourth-order valence-corrected chi connectivity index (χ4v) is 3.46. The molecule has 1 N–H and O–H groups in total. The maximum atomic E-state index is 13.1. The van der Waals surface area contributed by atoms with Gasteiger partial charge in [-0.15, -0.1) is 0 Å². The molecule has 1 amide bonds. The van der Waals surface area contributed by atoms with Crippen LogP contribution in [0.2, 0.25) is 0 Å². The summed E-state index contributed by atoms with van der Waals surface area (Å²) in [5.74, 6) is 0.316. The largest absolute Gasteiger partial charge is 0.337 e. The second kappa shape index (κ2) is 7.07. The average Bonchev–Trinajstić information content (AvgIpc) is 2.88. The molecule has 2 saturated heterocycles. The number of carbonyl (C=O) groups is 1. The van der Waals surface area contributed by atoms with E-state index >= 15 is 0 Å². The number of likely N-dealkylation sites (N-methyl/N-ethyl adjacent to an activating group) is 1. The Morgan fingerprint density at radius 2 is 1.95 bits per heavy atom. The highest BCUT2D eigenvalue weighted by atomic mass is 16.2. The maximum Gasteiger partial charge on any atom is 0.242 e. The molecule has 0 bridgehead atoms. The van der Waals surface area contributed by atoms with Crippen molar-refractivity contribution in [2.24, 2.45) is 0 Å². The number of piperidine rings is 1. The van der Waals surface area contributed by atoms with Crippen LogP contribution in [-0.2, 0) is 4.79 Å². The second-order valence-corrected chi connectivity index (χ2v) is 7.20. The van der Waals surface area contributed by atoms with Crippen molar-refractivity contribution in [2.45, 2.75) is 44.2 Å². The third-order valence-electron chi connectivity index (χ3n) is 5.02. The molecule has 2 heterocycles. The number of nitrogens with one attached hydrogen (secondary N) is 1. The Morgan fingerprint density at radius 1 is 1.29 bits per heavy atom. The number of hydrogen-bond donors (Lipinski definition) is 1. The molecule has 1 unspecified atom stereocenters. The standard InChI is InChI=1S/C16H32N4O/c1-16(8-5-9-17-16)15(21)20(13-12-18(2)3)14-6-10-19(4)11-7-14/h14,17H,5-13H2,1-4H3. The fourth-order valence-electron chi connectivity index (χ4n) is 3.46. The van der Waals surface area contributed by atoms with Crippen LogP contribution in [0.25, 0.3) is 0 Å². The predicted octanol–water partition coefficient (Wildman–Crippen LogP) is 0.613. The van der Waals surface area contributed by atoms with Crippen molar-refractivity contribution >= 4 is 5.91 Å². The Labute approximate surface area is 129 Å². The Kier molecular flexibility index (Phi) is 5.63. The molecule has 122 valence electrons. The van der Waals surface area contributed by atoms with Gasteiger partial charge in [-0.25, -0.2) is 0 Å². The summed E-state index contributed by atoms with van der Waals surface area (Å²) in [7, 11) is 6.32. The predicted molar refractivity (Wildman–Crippen MR) is 86.4 cm³/mol. The van der Waals surface area contributed by atoms with Gasteiger partial charge in [0.1, 0.15) is 0 Å². The van der Waals surface area contributed by atoms with Crippen molar-refractivity contribution < 1.29 is 4.79 Å². The van der Waals surface area contributed by atoms with Gasteiger partial charge in [-0.05, 0) is 73.4 Å². The van der Waals surface area contributed by atoms with Crippen LogP contribution in [0.3, 0.4) is 0 Å². The highest BCUT2D eigenvalue weighted by Crippen LogP contribution is 2.25. The lowest BCUT2D eigenvalue weighted by atomic mass is 9.95. The molecule has 0 aliphatic carbocycles. The van der Waals surface area contributed by atoms with Crippen LogP contribution in [-0.4, -0.2) is 86.1 Å². The van der Waals surface area contributed by atoms with Crippen LogP contribution in [0.15, 0.2) is 0 Å². The van der Waals surface area contributed by atoms with Crippen LogP contribution < -0.4 is 5.32 Å². The average molecular weight is 296 g/mol. The molecule has 0 radical (unpaired) electrons. The molecule has 2 rings (SSSR count). The van der Waals surface area contributed by atoms with Gasteiger partial charge in [0.25, 0.3) is 0 Å². The maximum absolute atomic E-state index is 13.1. The Bertz CT molecular complexity index is 344. The van der Waals surface area contributed by atoms with Gasteiger partial charge in [0.15, 0.2) is 0 Å². The molecule has 0 spiro atoms. The van der Waals surface area contributed by atoms with Crippen molar-refractivity contribution in [3.63, 3.8) is 0 Å². The van der Waals surface area contributed by atoms with Gasteiger partial charge in [-0.2, -0.15) is 0 Å². The monoisotopic (exact) mass is 296 g/mol. The molecule has 2 fully saturated rings. The smallest absolute Gasteiger partial charge is 0.242 e. The number of amides is 1. The molecule has 0 aromatic heterocycles. The molecule has 2 aliphatic heterocycles. The first-order valence-corrected chi connectivity index (χ1v) is 8.32. The molecule has 1 atom stereocenters. The third kappa shape index (κ3) is 4.18. The molecule has 5 nitrogen and oxygen atoms in total. The van der Waals surface area contributed by atoms with E-state index in [9.17, 15) is 4.79 Å².